The molecule has 5 aliphatic rings. The van der Waals surface area contributed by atoms with E-state index in [-0.39, 0.29) is 33.0 Å². The molecule has 0 aromatic heterocycles. The number of hydrogen-bond acceptors (Lipinski definition) is 3. The van der Waals surface area contributed by atoms with Crippen molar-refractivity contribution in [1.29, 1.82) is 0 Å². The number of carbonyl (C=O) groups is 2. The molecular weight excluding hydrogens is 424 g/mol. The molecule has 0 spiro atoms. The normalized spacial score (nSPS) is 51.3. The minimum atomic E-state index is -1.05. The quantitative estimate of drug-likeness (QED) is 0.434. The molecule has 190 valence electrons. The lowest BCUT2D eigenvalue weighted by molar-refractivity contribution is -0.200. The van der Waals surface area contributed by atoms with Gasteiger partial charge in [0.2, 0.25) is 0 Å². The summed E-state index contributed by atoms with van der Waals surface area (Å²) in [6.45, 7) is 16.1. The number of carboxylic acid groups (broad SMARTS) is 1. The van der Waals surface area contributed by atoms with Crippen LogP contribution in [0, 0.1) is 50.2 Å². The van der Waals surface area contributed by atoms with E-state index in [0.29, 0.717) is 36.9 Å². The van der Waals surface area contributed by atoms with Crippen LogP contribution >= 0.6 is 0 Å². The average Bonchev–Trinajstić information content (AvgIpc) is 2.70. The van der Waals surface area contributed by atoms with Gasteiger partial charge in [-0.25, -0.2) is 0 Å². The van der Waals surface area contributed by atoms with E-state index in [1.54, 1.807) is 0 Å². The second-order valence-electron chi connectivity index (χ2n) is 14.9. The smallest absolute Gasteiger partial charge is 0.312 e. The molecule has 0 bridgehead atoms. The minimum Gasteiger partial charge on any atom is -0.481 e. The van der Waals surface area contributed by atoms with Crippen molar-refractivity contribution in [2.24, 2.45) is 50.2 Å². The van der Waals surface area contributed by atoms with Crippen LogP contribution in [0.1, 0.15) is 106 Å². The van der Waals surface area contributed by atoms with E-state index < -0.39 is 17.5 Å². The van der Waals surface area contributed by atoms with Crippen molar-refractivity contribution in [3.05, 3.63) is 11.6 Å². The molecule has 0 aromatic carbocycles. The van der Waals surface area contributed by atoms with Crippen LogP contribution < -0.4 is 0 Å². The fourth-order valence-electron chi connectivity index (χ4n) is 10.6. The van der Waals surface area contributed by atoms with Gasteiger partial charge in [-0.2, -0.15) is 0 Å². The Morgan fingerprint density at radius 3 is 2.26 bits per heavy atom. The summed E-state index contributed by atoms with van der Waals surface area (Å²) in [4.78, 5) is 25.7. The number of aliphatic hydroxyl groups is 1. The van der Waals surface area contributed by atoms with Gasteiger partial charge in [0, 0.05) is 11.8 Å². The summed E-state index contributed by atoms with van der Waals surface area (Å²) in [5.41, 5.74) is 0.0910. The molecule has 4 saturated carbocycles. The third kappa shape index (κ3) is 2.75. The van der Waals surface area contributed by atoms with Crippen molar-refractivity contribution in [2.45, 2.75) is 112 Å². The van der Waals surface area contributed by atoms with E-state index >= 15 is 0 Å². The molecule has 5 aliphatic carbocycles. The summed E-state index contributed by atoms with van der Waals surface area (Å²) in [6, 6.07) is 0. The van der Waals surface area contributed by atoms with Crippen LogP contribution in [-0.2, 0) is 9.59 Å². The average molecular weight is 471 g/mol. The molecule has 0 heterocycles. The van der Waals surface area contributed by atoms with Crippen LogP contribution in [0.15, 0.2) is 11.6 Å². The molecule has 4 nitrogen and oxygen atoms in total. The third-order valence-electron chi connectivity index (χ3n) is 12.8. The van der Waals surface area contributed by atoms with Crippen molar-refractivity contribution in [3.8, 4) is 0 Å². The number of aliphatic hydroxyl groups excluding tert-OH is 1. The van der Waals surface area contributed by atoms with E-state index in [2.05, 4.69) is 54.5 Å². The Bertz CT molecular complexity index is 961. The molecule has 8 atom stereocenters. The number of Topliss-reactive ketones (excluding diaryl/α,β-unsaturated/α-hetero) is 1. The van der Waals surface area contributed by atoms with Crippen molar-refractivity contribution in [2.75, 3.05) is 0 Å². The maximum atomic E-state index is 12.9. The Balaban J connectivity index is 1.62. The lowest BCUT2D eigenvalue weighted by atomic mass is 9.33. The highest BCUT2D eigenvalue weighted by Gasteiger charge is 2.70. The molecule has 0 aliphatic heterocycles. The molecule has 2 N–H and O–H groups in total. The number of carboxylic acids is 1. The van der Waals surface area contributed by atoms with E-state index in [1.807, 2.05) is 0 Å². The van der Waals surface area contributed by atoms with Gasteiger partial charge in [-0.3, -0.25) is 9.59 Å². The standard InChI is InChI=1S/C30H46O4/c1-25(2)16-19-18-8-9-21-27(5)12-11-22(31)26(3,4)20(27)10-13-29(21,7)28(18,6)14-15-30(19,24(33)34)23(32)17-25/h8,19-21,23,32H,9-17H2,1-7H3,(H,33,34)/t19?,20?,21?,23-,27+,28-,29-,30+/m1/s1. The van der Waals surface area contributed by atoms with E-state index in [1.165, 1.54) is 5.57 Å². The van der Waals surface area contributed by atoms with Gasteiger partial charge < -0.3 is 10.2 Å². The fourth-order valence-corrected chi connectivity index (χ4v) is 10.6. The first-order valence-corrected chi connectivity index (χ1v) is 13.7. The highest BCUT2D eigenvalue weighted by molar-refractivity contribution is 5.85. The maximum absolute atomic E-state index is 12.9. The first kappa shape index (κ1) is 24.5. The molecule has 0 amide bonds. The Morgan fingerprint density at radius 1 is 0.941 bits per heavy atom. The predicted molar refractivity (Wildman–Crippen MR) is 133 cm³/mol. The molecule has 0 radical (unpaired) electrons. The van der Waals surface area contributed by atoms with Crippen LogP contribution in [0.4, 0.5) is 0 Å². The molecule has 0 saturated heterocycles. The Kier molecular flexibility index (Phi) is 5.04. The van der Waals surface area contributed by atoms with Gasteiger partial charge in [0.05, 0.1) is 6.10 Å². The largest absolute Gasteiger partial charge is 0.481 e. The highest BCUT2D eigenvalue weighted by atomic mass is 16.4. The summed E-state index contributed by atoms with van der Waals surface area (Å²) in [6.07, 6.45) is 9.23. The second kappa shape index (κ2) is 6.99. The van der Waals surface area contributed by atoms with Crippen LogP contribution in [0.2, 0.25) is 0 Å². The molecule has 5 rings (SSSR count). The molecule has 34 heavy (non-hydrogen) atoms. The van der Waals surface area contributed by atoms with Gasteiger partial charge in [0.1, 0.15) is 11.2 Å². The highest BCUT2D eigenvalue weighted by Crippen LogP contribution is 2.75. The Hall–Kier alpha value is -1.16. The van der Waals surface area contributed by atoms with Crippen molar-refractivity contribution < 1.29 is 19.8 Å². The summed E-state index contributed by atoms with van der Waals surface area (Å²) < 4.78 is 0. The third-order valence-corrected chi connectivity index (χ3v) is 12.8. The number of aliphatic carboxylic acids is 1. The Morgan fingerprint density at radius 2 is 1.62 bits per heavy atom. The summed E-state index contributed by atoms with van der Waals surface area (Å²) in [5, 5.41) is 21.8. The van der Waals surface area contributed by atoms with Crippen LogP contribution in [0.5, 0.6) is 0 Å². The van der Waals surface area contributed by atoms with Crippen LogP contribution in [0.25, 0.3) is 0 Å². The molecule has 3 unspecified atom stereocenters. The van der Waals surface area contributed by atoms with Crippen LogP contribution in [0.3, 0.4) is 0 Å². The molecular formula is C30H46O4. The van der Waals surface area contributed by atoms with Crippen molar-refractivity contribution in [1.82, 2.24) is 0 Å². The van der Waals surface area contributed by atoms with Gasteiger partial charge in [0.25, 0.3) is 0 Å². The maximum Gasteiger partial charge on any atom is 0.312 e. The lowest BCUT2D eigenvalue weighted by Crippen LogP contribution is -2.66. The number of allylic oxidation sites excluding steroid dienone is 2. The number of hydrogen-bond donors (Lipinski definition) is 2. The van der Waals surface area contributed by atoms with Gasteiger partial charge in [-0.05, 0) is 90.8 Å². The monoisotopic (exact) mass is 470 g/mol. The number of ketones is 1. The topological polar surface area (TPSA) is 74.6 Å². The SMILES string of the molecule is CC1(C)CC2C3=CCC4[C@@]5(C)CCC(=O)C(C)(C)C5CC[C@@]4(C)[C@]3(C)CC[C@@]2(C(=O)O)[C@H](O)C1. The number of fused-ring (bicyclic) bond motifs is 7. The minimum absolute atomic E-state index is 0.0632. The van der Waals surface area contributed by atoms with Gasteiger partial charge in [0.15, 0.2) is 0 Å². The van der Waals surface area contributed by atoms with E-state index in [0.717, 1.165) is 38.5 Å². The summed E-state index contributed by atoms with van der Waals surface area (Å²) in [5.74, 6) is 0.432. The zero-order valence-corrected chi connectivity index (χ0v) is 22.5. The number of carbonyl (C=O) groups excluding carboxylic acids is 1. The summed E-state index contributed by atoms with van der Waals surface area (Å²) >= 11 is 0. The summed E-state index contributed by atoms with van der Waals surface area (Å²) in [7, 11) is 0. The first-order valence-electron chi connectivity index (χ1n) is 13.7. The first-order chi connectivity index (χ1) is 15.6. The lowest BCUT2D eigenvalue weighted by Gasteiger charge is -2.70. The van der Waals surface area contributed by atoms with Crippen LogP contribution in [-0.4, -0.2) is 28.1 Å². The van der Waals surface area contributed by atoms with E-state index in [9.17, 15) is 19.8 Å². The van der Waals surface area contributed by atoms with Gasteiger partial charge in [-0.15, -0.1) is 0 Å². The molecule has 4 heteroatoms. The molecule has 0 aromatic rings. The van der Waals surface area contributed by atoms with Crippen molar-refractivity contribution in [3.63, 3.8) is 0 Å². The second-order valence-corrected chi connectivity index (χ2v) is 14.9. The zero-order valence-electron chi connectivity index (χ0n) is 22.5. The number of rotatable bonds is 1. The van der Waals surface area contributed by atoms with Gasteiger partial charge in [-0.1, -0.05) is 60.1 Å². The van der Waals surface area contributed by atoms with E-state index in [4.69, 9.17) is 0 Å². The zero-order chi connectivity index (χ0) is 25.1. The molecule has 4 fully saturated rings. The Labute approximate surface area is 206 Å². The fraction of sp³-hybridized carbons (Fsp3) is 0.867. The predicted octanol–water partition coefficient (Wildman–Crippen LogP) is 6.41. The van der Waals surface area contributed by atoms with Crippen molar-refractivity contribution >= 4 is 11.8 Å². The van der Waals surface area contributed by atoms with Gasteiger partial charge >= 0.3 is 5.97 Å².